The van der Waals surface area contributed by atoms with Crippen LogP contribution in [0, 0.1) is 12.7 Å². The molecular formula is C31H29FN4O5S. The molecule has 4 rings (SSSR count). The molecule has 0 aliphatic rings. The highest BCUT2D eigenvalue weighted by Gasteiger charge is 2.19. The van der Waals surface area contributed by atoms with Crippen LogP contribution < -0.4 is 19.8 Å². The fourth-order valence-electron chi connectivity index (χ4n) is 3.88. The van der Waals surface area contributed by atoms with E-state index in [0.29, 0.717) is 28.3 Å². The maximum absolute atomic E-state index is 13.0. The largest absolute Gasteiger partial charge is 0.484 e. The monoisotopic (exact) mass is 588 g/mol. The third-order valence-electron chi connectivity index (χ3n) is 6.15. The third-order valence-corrected chi connectivity index (χ3v) is 7.29. The Morgan fingerprint density at radius 1 is 0.929 bits per heavy atom. The molecule has 0 spiro atoms. The third kappa shape index (κ3) is 8.48. The van der Waals surface area contributed by atoms with Gasteiger partial charge < -0.3 is 10.1 Å². The molecule has 216 valence electrons. The predicted octanol–water partition coefficient (Wildman–Crippen LogP) is 4.88. The number of nitrogens with zero attached hydrogens (tertiary/aromatic N) is 2. The van der Waals surface area contributed by atoms with E-state index in [1.807, 2.05) is 31.2 Å². The fourth-order valence-corrected chi connectivity index (χ4v) is 4.76. The van der Waals surface area contributed by atoms with Gasteiger partial charge in [-0.2, -0.15) is 5.10 Å². The van der Waals surface area contributed by atoms with Crippen LogP contribution in [0.3, 0.4) is 0 Å². The number of halogens is 1. The number of sulfonamides is 1. The Hall–Kier alpha value is -5.03. The molecular weight excluding hydrogens is 559 g/mol. The SMILES string of the molecule is Cc1ccccc1CN(c1ccc(C(=O)N/N=C\c2ccc(OCC(=O)Nc3ccc(F)cc3)cc2)cc1)S(C)(=O)=O. The van der Waals surface area contributed by atoms with Crippen LogP contribution in [0.15, 0.2) is 102 Å². The zero-order valence-electron chi connectivity index (χ0n) is 23.0. The van der Waals surface area contributed by atoms with Crippen molar-refractivity contribution < 1.29 is 27.1 Å². The van der Waals surface area contributed by atoms with Crippen LogP contribution in [0.2, 0.25) is 0 Å². The first kappa shape index (κ1) is 29.9. The van der Waals surface area contributed by atoms with Crippen LogP contribution >= 0.6 is 0 Å². The molecule has 4 aromatic rings. The standard InChI is InChI=1S/C31H29FN4O5S/c1-22-5-3-4-6-25(22)20-36(42(2,39)40)28-15-9-24(10-16-28)31(38)35-33-19-23-7-17-29(18-8-23)41-21-30(37)34-27-13-11-26(32)12-14-27/h3-19H,20-21H2,1-2H3,(H,34,37)(H,35,38)/b33-19-. The van der Waals surface area contributed by atoms with Gasteiger partial charge in [-0.25, -0.2) is 18.2 Å². The summed E-state index contributed by atoms with van der Waals surface area (Å²) in [5.41, 5.74) is 6.19. The number of ether oxygens (including phenoxy) is 1. The van der Waals surface area contributed by atoms with Crippen molar-refractivity contribution in [2.75, 3.05) is 22.5 Å². The van der Waals surface area contributed by atoms with E-state index in [9.17, 15) is 22.4 Å². The van der Waals surface area contributed by atoms with Crippen molar-refractivity contribution in [3.05, 3.63) is 125 Å². The van der Waals surface area contributed by atoms with Crippen molar-refractivity contribution >= 4 is 39.4 Å². The van der Waals surface area contributed by atoms with Crippen molar-refractivity contribution in [1.29, 1.82) is 0 Å². The number of anilines is 2. The highest BCUT2D eigenvalue weighted by molar-refractivity contribution is 7.92. The number of carbonyl (C=O) groups excluding carboxylic acids is 2. The molecule has 0 bridgehead atoms. The second-order valence-corrected chi connectivity index (χ2v) is 11.3. The zero-order chi connectivity index (χ0) is 30.1. The van der Waals surface area contributed by atoms with E-state index in [1.165, 1.54) is 46.9 Å². The number of hydrazone groups is 1. The number of amides is 2. The lowest BCUT2D eigenvalue weighted by atomic mass is 10.1. The first-order chi connectivity index (χ1) is 20.1. The molecule has 42 heavy (non-hydrogen) atoms. The molecule has 11 heteroatoms. The second-order valence-electron chi connectivity index (χ2n) is 9.35. The minimum atomic E-state index is -3.57. The number of hydrogen-bond acceptors (Lipinski definition) is 6. The number of hydrogen-bond donors (Lipinski definition) is 2. The lowest BCUT2D eigenvalue weighted by molar-refractivity contribution is -0.118. The molecule has 0 radical (unpaired) electrons. The van der Waals surface area contributed by atoms with Gasteiger partial charge in [0.15, 0.2) is 6.61 Å². The molecule has 4 aromatic carbocycles. The predicted molar refractivity (Wildman–Crippen MR) is 161 cm³/mol. The summed E-state index contributed by atoms with van der Waals surface area (Å²) in [6.07, 6.45) is 2.59. The van der Waals surface area contributed by atoms with Gasteiger partial charge in [-0.15, -0.1) is 0 Å². The fraction of sp³-hybridized carbons (Fsp3) is 0.129. The molecule has 0 fully saturated rings. The van der Waals surface area contributed by atoms with E-state index in [1.54, 1.807) is 36.4 Å². The number of benzene rings is 4. The molecule has 0 heterocycles. The molecule has 0 aromatic heterocycles. The number of carbonyl (C=O) groups is 2. The van der Waals surface area contributed by atoms with E-state index < -0.39 is 27.7 Å². The highest BCUT2D eigenvalue weighted by atomic mass is 32.2. The molecule has 0 aliphatic carbocycles. The summed E-state index contributed by atoms with van der Waals surface area (Å²) in [4.78, 5) is 24.6. The summed E-state index contributed by atoms with van der Waals surface area (Å²) in [5.74, 6) is -0.793. The van der Waals surface area contributed by atoms with Crippen LogP contribution in [-0.4, -0.2) is 39.3 Å². The molecule has 9 nitrogen and oxygen atoms in total. The van der Waals surface area contributed by atoms with E-state index in [2.05, 4.69) is 15.8 Å². The van der Waals surface area contributed by atoms with Gasteiger partial charge in [0.2, 0.25) is 10.0 Å². The minimum Gasteiger partial charge on any atom is -0.484 e. The van der Waals surface area contributed by atoms with E-state index in [0.717, 1.165) is 17.4 Å². The van der Waals surface area contributed by atoms with Crippen molar-refractivity contribution in [3.63, 3.8) is 0 Å². The first-order valence-corrected chi connectivity index (χ1v) is 14.7. The summed E-state index contributed by atoms with van der Waals surface area (Å²) < 4.78 is 44.7. The van der Waals surface area contributed by atoms with Gasteiger partial charge in [0.05, 0.1) is 24.7 Å². The van der Waals surface area contributed by atoms with Crippen LogP contribution in [-0.2, 0) is 21.4 Å². The molecule has 0 atom stereocenters. The van der Waals surface area contributed by atoms with E-state index in [4.69, 9.17) is 4.74 Å². The normalized spacial score (nSPS) is 11.2. The van der Waals surface area contributed by atoms with Crippen molar-refractivity contribution in [3.8, 4) is 5.75 Å². The molecule has 2 amide bonds. The lowest BCUT2D eigenvalue weighted by Gasteiger charge is -2.23. The molecule has 0 unspecified atom stereocenters. The lowest BCUT2D eigenvalue weighted by Crippen LogP contribution is -2.29. The average molecular weight is 589 g/mol. The summed E-state index contributed by atoms with van der Waals surface area (Å²) in [6.45, 7) is 1.87. The Morgan fingerprint density at radius 3 is 2.24 bits per heavy atom. The molecule has 0 aliphatic heterocycles. The summed E-state index contributed by atoms with van der Waals surface area (Å²) in [7, 11) is -3.57. The van der Waals surface area contributed by atoms with Gasteiger partial charge in [0, 0.05) is 11.3 Å². The Kier molecular flexibility index (Phi) is 9.66. The van der Waals surface area contributed by atoms with Gasteiger partial charge in [-0.1, -0.05) is 24.3 Å². The Labute approximate surface area is 243 Å². The maximum atomic E-state index is 13.0. The maximum Gasteiger partial charge on any atom is 0.271 e. The van der Waals surface area contributed by atoms with Gasteiger partial charge >= 0.3 is 0 Å². The number of aryl methyl sites for hydroxylation is 1. The summed E-state index contributed by atoms with van der Waals surface area (Å²) >= 11 is 0. The molecule has 0 saturated heterocycles. The van der Waals surface area contributed by atoms with Gasteiger partial charge in [-0.05, 0) is 96.4 Å². The molecule has 0 saturated carbocycles. The van der Waals surface area contributed by atoms with Gasteiger partial charge in [0.1, 0.15) is 11.6 Å². The molecule has 2 N–H and O–H groups in total. The van der Waals surface area contributed by atoms with Crippen molar-refractivity contribution in [2.45, 2.75) is 13.5 Å². The highest BCUT2D eigenvalue weighted by Crippen LogP contribution is 2.22. The number of rotatable bonds is 11. The Balaban J connectivity index is 1.29. The van der Waals surface area contributed by atoms with E-state index >= 15 is 0 Å². The van der Waals surface area contributed by atoms with Crippen LogP contribution in [0.5, 0.6) is 5.75 Å². The van der Waals surface area contributed by atoms with Crippen molar-refractivity contribution in [2.24, 2.45) is 5.10 Å². The Bertz CT molecular complexity index is 1670. The topological polar surface area (TPSA) is 117 Å². The van der Waals surface area contributed by atoms with Crippen LogP contribution in [0.1, 0.15) is 27.0 Å². The van der Waals surface area contributed by atoms with E-state index in [-0.39, 0.29) is 13.2 Å². The smallest absolute Gasteiger partial charge is 0.271 e. The zero-order valence-corrected chi connectivity index (χ0v) is 23.8. The first-order valence-electron chi connectivity index (χ1n) is 12.8. The quantitative estimate of drug-likeness (QED) is 0.191. The Morgan fingerprint density at radius 2 is 1.60 bits per heavy atom. The van der Waals surface area contributed by atoms with Gasteiger partial charge in [0.25, 0.3) is 11.8 Å². The summed E-state index contributed by atoms with van der Waals surface area (Å²) in [5, 5.41) is 6.58. The minimum absolute atomic E-state index is 0.175. The van der Waals surface area contributed by atoms with Crippen molar-refractivity contribution in [1.82, 2.24) is 5.43 Å². The van der Waals surface area contributed by atoms with Gasteiger partial charge in [-0.3, -0.25) is 13.9 Å². The van der Waals surface area contributed by atoms with Crippen LogP contribution in [0.4, 0.5) is 15.8 Å². The summed E-state index contributed by atoms with van der Waals surface area (Å²) in [6, 6.07) is 25.9. The second kappa shape index (κ2) is 13.6. The average Bonchev–Trinajstić information content (AvgIpc) is 2.97. The number of nitrogens with one attached hydrogen (secondary N) is 2. The van der Waals surface area contributed by atoms with Crippen LogP contribution in [0.25, 0.3) is 0 Å².